The number of nitrogens with one attached hydrogen (secondary N) is 1. The first-order chi connectivity index (χ1) is 9.68. The van der Waals surface area contributed by atoms with Crippen molar-refractivity contribution in [3.05, 3.63) is 38.3 Å². The van der Waals surface area contributed by atoms with Gasteiger partial charge in [-0.25, -0.2) is 0 Å². The van der Waals surface area contributed by atoms with Crippen molar-refractivity contribution in [3.63, 3.8) is 0 Å². The second-order valence-corrected chi connectivity index (χ2v) is 6.27. The first-order valence-corrected chi connectivity index (χ1v) is 8.10. The normalized spacial score (nSPS) is 16.2. The Morgan fingerprint density at radius 3 is 2.75 bits per heavy atom. The van der Waals surface area contributed by atoms with Gasteiger partial charge in [-0.15, -0.1) is 0 Å². The minimum Gasteiger partial charge on any atom is -0.313 e. The molecule has 0 aromatic heterocycles. The number of halogens is 1. The molecule has 1 aromatic rings. The number of nitro benzene ring substituents is 1. The number of nitrogens with zero attached hydrogens (tertiary/aromatic N) is 1. The molecule has 0 aliphatic heterocycles. The van der Waals surface area contributed by atoms with E-state index in [-0.39, 0.29) is 10.6 Å². The molecule has 1 saturated carbocycles. The molecular formula is C15H21BrN2O2. The Morgan fingerprint density at radius 2 is 2.05 bits per heavy atom. The van der Waals surface area contributed by atoms with Crippen LogP contribution in [0.4, 0.5) is 5.69 Å². The Kier molecular flexibility index (Phi) is 5.98. The summed E-state index contributed by atoms with van der Waals surface area (Å²) in [5.74, 6) is 0.866. The molecule has 5 heteroatoms. The van der Waals surface area contributed by atoms with E-state index >= 15 is 0 Å². The third-order valence-electron chi connectivity index (χ3n) is 4.02. The number of nitro groups is 1. The fourth-order valence-electron chi connectivity index (χ4n) is 2.85. The second-order valence-electron chi connectivity index (χ2n) is 5.48. The Balaban J connectivity index is 1.79. The van der Waals surface area contributed by atoms with Crippen molar-refractivity contribution < 1.29 is 4.92 Å². The summed E-state index contributed by atoms with van der Waals surface area (Å²) in [6.07, 6.45) is 8.09. The van der Waals surface area contributed by atoms with Gasteiger partial charge in [0.2, 0.25) is 0 Å². The summed E-state index contributed by atoms with van der Waals surface area (Å²) in [7, 11) is 0. The average Bonchev–Trinajstić information content (AvgIpc) is 2.46. The maximum atomic E-state index is 10.9. The average molecular weight is 341 g/mol. The van der Waals surface area contributed by atoms with Crippen LogP contribution in [0.5, 0.6) is 0 Å². The lowest BCUT2D eigenvalue weighted by atomic mass is 9.87. The van der Waals surface area contributed by atoms with Crippen LogP contribution in [0.3, 0.4) is 0 Å². The minimum absolute atomic E-state index is 0.136. The lowest BCUT2D eigenvalue weighted by Gasteiger charge is -2.21. The predicted molar refractivity (Wildman–Crippen MR) is 83.7 cm³/mol. The maximum absolute atomic E-state index is 10.9. The molecule has 0 bridgehead atoms. The van der Waals surface area contributed by atoms with Crippen LogP contribution in [0.1, 0.15) is 44.1 Å². The van der Waals surface area contributed by atoms with Crippen LogP contribution < -0.4 is 5.32 Å². The third-order valence-corrected chi connectivity index (χ3v) is 4.94. The van der Waals surface area contributed by atoms with Crippen molar-refractivity contribution >= 4 is 21.6 Å². The van der Waals surface area contributed by atoms with Gasteiger partial charge in [0.15, 0.2) is 0 Å². The summed E-state index contributed by atoms with van der Waals surface area (Å²) in [5, 5.41) is 14.3. The van der Waals surface area contributed by atoms with Crippen molar-refractivity contribution in [1.82, 2.24) is 5.32 Å². The Morgan fingerprint density at radius 1 is 1.30 bits per heavy atom. The molecule has 0 amide bonds. The van der Waals surface area contributed by atoms with Gasteiger partial charge in [-0.3, -0.25) is 10.1 Å². The molecule has 4 nitrogen and oxygen atoms in total. The summed E-state index contributed by atoms with van der Waals surface area (Å²) in [4.78, 5) is 10.5. The molecule has 0 atom stereocenters. The van der Waals surface area contributed by atoms with Crippen molar-refractivity contribution in [2.75, 3.05) is 6.54 Å². The smallest absolute Gasteiger partial charge is 0.283 e. The van der Waals surface area contributed by atoms with E-state index in [1.165, 1.54) is 44.6 Å². The fourth-order valence-corrected chi connectivity index (χ4v) is 3.40. The van der Waals surface area contributed by atoms with Crippen LogP contribution in [0.25, 0.3) is 0 Å². The Bertz CT molecular complexity index is 459. The largest absolute Gasteiger partial charge is 0.313 e. The zero-order chi connectivity index (χ0) is 14.4. The Labute approximate surface area is 128 Å². The first-order valence-electron chi connectivity index (χ1n) is 7.31. The van der Waals surface area contributed by atoms with Crippen molar-refractivity contribution in [2.45, 2.75) is 45.1 Å². The second kappa shape index (κ2) is 7.74. The van der Waals surface area contributed by atoms with Crippen molar-refractivity contribution in [3.8, 4) is 0 Å². The van der Waals surface area contributed by atoms with E-state index in [1.54, 1.807) is 6.07 Å². The number of hydrogen-bond donors (Lipinski definition) is 1. The van der Waals surface area contributed by atoms with E-state index in [9.17, 15) is 10.1 Å². The molecule has 1 N–H and O–H groups in total. The molecule has 1 aromatic carbocycles. The monoisotopic (exact) mass is 340 g/mol. The highest BCUT2D eigenvalue weighted by Gasteiger charge is 2.15. The first kappa shape index (κ1) is 15.4. The van der Waals surface area contributed by atoms with Gasteiger partial charge in [0, 0.05) is 12.6 Å². The van der Waals surface area contributed by atoms with Crippen LogP contribution in [-0.4, -0.2) is 11.5 Å². The molecule has 1 aliphatic carbocycles. The zero-order valence-electron chi connectivity index (χ0n) is 11.6. The topological polar surface area (TPSA) is 55.2 Å². The van der Waals surface area contributed by atoms with Crippen LogP contribution in [-0.2, 0) is 6.54 Å². The van der Waals surface area contributed by atoms with Crippen LogP contribution >= 0.6 is 15.9 Å². The molecule has 0 saturated heterocycles. The van der Waals surface area contributed by atoms with Crippen LogP contribution in [0.15, 0.2) is 22.7 Å². The highest BCUT2D eigenvalue weighted by Crippen LogP contribution is 2.28. The molecule has 20 heavy (non-hydrogen) atoms. The highest BCUT2D eigenvalue weighted by molar-refractivity contribution is 9.10. The van der Waals surface area contributed by atoms with E-state index < -0.39 is 0 Å². The van der Waals surface area contributed by atoms with E-state index in [2.05, 4.69) is 21.2 Å². The Hall–Kier alpha value is -0.940. The van der Waals surface area contributed by atoms with E-state index in [0.29, 0.717) is 11.0 Å². The molecule has 110 valence electrons. The van der Waals surface area contributed by atoms with Gasteiger partial charge < -0.3 is 5.32 Å². The van der Waals surface area contributed by atoms with E-state index in [0.717, 1.165) is 18.0 Å². The van der Waals surface area contributed by atoms with Gasteiger partial charge in [0.1, 0.15) is 0 Å². The lowest BCUT2D eigenvalue weighted by molar-refractivity contribution is -0.385. The maximum Gasteiger partial charge on any atom is 0.283 e. The summed E-state index contributed by atoms with van der Waals surface area (Å²) in [5.41, 5.74) is 1.08. The number of hydrogen-bond acceptors (Lipinski definition) is 3. The standard InChI is InChI=1S/C15H21BrN2O2/c16-15-13(7-4-8-14(15)18(19)20)11-17-10-9-12-5-2-1-3-6-12/h4,7-8,12,17H,1-3,5-6,9-11H2. The summed E-state index contributed by atoms with van der Waals surface area (Å²) >= 11 is 3.33. The van der Waals surface area contributed by atoms with Gasteiger partial charge in [-0.2, -0.15) is 0 Å². The van der Waals surface area contributed by atoms with Crippen LogP contribution in [0, 0.1) is 16.0 Å². The number of rotatable bonds is 6. The van der Waals surface area contributed by atoms with Gasteiger partial charge in [0.25, 0.3) is 5.69 Å². The SMILES string of the molecule is O=[N+]([O-])c1cccc(CNCCC2CCCCC2)c1Br. The summed E-state index contributed by atoms with van der Waals surface area (Å²) in [6.45, 7) is 1.66. The fraction of sp³-hybridized carbons (Fsp3) is 0.600. The van der Waals surface area contributed by atoms with Gasteiger partial charge >= 0.3 is 0 Å². The summed E-state index contributed by atoms with van der Waals surface area (Å²) < 4.78 is 0.593. The van der Waals surface area contributed by atoms with Gasteiger partial charge in [-0.1, -0.05) is 44.2 Å². The molecule has 0 unspecified atom stereocenters. The summed E-state index contributed by atoms with van der Waals surface area (Å²) in [6, 6.07) is 5.18. The zero-order valence-corrected chi connectivity index (χ0v) is 13.2. The molecule has 0 heterocycles. The lowest BCUT2D eigenvalue weighted by Crippen LogP contribution is -2.19. The molecule has 2 rings (SSSR count). The van der Waals surface area contributed by atoms with Gasteiger partial charge in [0.05, 0.1) is 9.40 Å². The molecule has 0 radical (unpaired) electrons. The highest BCUT2D eigenvalue weighted by atomic mass is 79.9. The minimum atomic E-state index is -0.352. The van der Waals surface area contributed by atoms with E-state index in [1.807, 2.05) is 6.07 Å². The van der Waals surface area contributed by atoms with Crippen molar-refractivity contribution in [2.24, 2.45) is 5.92 Å². The van der Waals surface area contributed by atoms with E-state index in [4.69, 9.17) is 0 Å². The predicted octanol–water partition coefficient (Wildman–Crippen LogP) is 4.42. The molecule has 0 spiro atoms. The van der Waals surface area contributed by atoms with Crippen molar-refractivity contribution in [1.29, 1.82) is 0 Å². The van der Waals surface area contributed by atoms with Crippen LogP contribution in [0.2, 0.25) is 0 Å². The molecule has 1 aliphatic rings. The molecule has 1 fully saturated rings. The van der Waals surface area contributed by atoms with Gasteiger partial charge in [-0.05, 0) is 40.4 Å². The quantitative estimate of drug-likeness (QED) is 0.473. The number of benzene rings is 1. The third kappa shape index (κ3) is 4.28. The molecular weight excluding hydrogens is 320 g/mol.